The molecule has 2 aromatic rings. The standard InChI is InChI=1S/C18H22BrN3O/c1-13-11-18(20-12-15(13)19)22-9-7-14(8-10-22)21-16-5-3-4-6-17(16)23-2/h3-6,11-12,14,21H,7-10H2,1-2H3. The van der Waals surface area contributed by atoms with E-state index in [-0.39, 0.29) is 0 Å². The number of pyridine rings is 1. The molecule has 5 heteroatoms. The van der Waals surface area contributed by atoms with E-state index >= 15 is 0 Å². The van der Waals surface area contributed by atoms with Crippen molar-refractivity contribution in [1.82, 2.24) is 4.98 Å². The summed E-state index contributed by atoms with van der Waals surface area (Å²) in [5.41, 5.74) is 2.30. The van der Waals surface area contributed by atoms with Crippen LogP contribution in [0, 0.1) is 6.92 Å². The number of aromatic nitrogens is 1. The molecule has 0 aliphatic carbocycles. The number of hydrogen-bond donors (Lipinski definition) is 1. The maximum atomic E-state index is 5.41. The monoisotopic (exact) mass is 375 g/mol. The number of para-hydroxylation sites is 2. The second-order valence-electron chi connectivity index (χ2n) is 5.90. The Morgan fingerprint density at radius 2 is 2.00 bits per heavy atom. The van der Waals surface area contributed by atoms with Gasteiger partial charge in [-0.25, -0.2) is 4.98 Å². The van der Waals surface area contributed by atoms with Gasteiger partial charge in [-0.3, -0.25) is 0 Å². The first-order valence-corrected chi connectivity index (χ1v) is 8.73. The summed E-state index contributed by atoms with van der Waals surface area (Å²) >= 11 is 3.51. The molecule has 1 aromatic heterocycles. The van der Waals surface area contributed by atoms with E-state index in [1.54, 1.807) is 7.11 Å². The van der Waals surface area contributed by atoms with Gasteiger partial charge in [0, 0.05) is 29.8 Å². The smallest absolute Gasteiger partial charge is 0.141 e. The van der Waals surface area contributed by atoms with Crippen LogP contribution < -0.4 is 15.0 Å². The van der Waals surface area contributed by atoms with Gasteiger partial charge >= 0.3 is 0 Å². The van der Waals surface area contributed by atoms with Crippen molar-refractivity contribution < 1.29 is 4.74 Å². The van der Waals surface area contributed by atoms with Crippen LogP contribution in [0.1, 0.15) is 18.4 Å². The summed E-state index contributed by atoms with van der Waals surface area (Å²) < 4.78 is 6.48. The van der Waals surface area contributed by atoms with Crippen LogP contribution in [0.5, 0.6) is 5.75 Å². The van der Waals surface area contributed by atoms with E-state index in [1.165, 1.54) is 5.56 Å². The maximum absolute atomic E-state index is 5.41. The molecular formula is C18H22BrN3O. The Kier molecular flexibility index (Phi) is 5.06. The van der Waals surface area contributed by atoms with Gasteiger partial charge in [0.1, 0.15) is 11.6 Å². The Balaban J connectivity index is 1.61. The van der Waals surface area contributed by atoms with Crippen LogP contribution in [-0.2, 0) is 0 Å². The third-order valence-electron chi connectivity index (χ3n) is 4.32. The highest BCUT2D eigenvalue weighted by Crippen LogP contribution is 2.27. The molecule has 0 bridgehead atoms. The minimum atomic E-state index is 0.471. The fourth-order valence-corrected chi connectivity index (χ4v) is 3.15. The first kappa shape index (κ1) is 16.1. The number of halogens is 1. The second-order valence-corrected chi connectivity index (χ2v) is 6.75. The molecule has 0 radical (unpaired) electrons. The average molecular weight is 376 g/mol. The van der Waals surface area contributed by atoms with Gasteiger partial charge in [-0.15, -0.1) is 0 Å². The number of methoxy groups -OCH3 is 1. The van der Waals surface area contributed by atoms with Crippen LogP contribution in [0.25, 0.3) is 0 Å². The predicted molar refractivity (Wildman–Crippen MR) is 98.5 cm³/mol. The minimum absolute atomic E-state index is 0.471. The minimum Gasteiger partial charge on any atom is -0.495 e. The van der Waals surface area contributed by atoms with E-state index in [9.17, 15) is 0 Å². The quantitative estimate of drug-likeness (QED) is 0.866. The highest BCUT2D eigenvalue weighted by Gasteiger charge is 2.21. The Labute approximate surface area is 146 Å². The lowest BCUT2D eigenvalue weighted by atomic mass is 10.0. The Morgan fingerprint density at radius 3 is 2.70 bits per heavy atom. The molecule has 1 aliphatic heterocycles. The molecule has 0 atom stereocenters. The number of aryl methyl sites for hydroxylation is 1. The van der Waals surface area contributed by atoms with Crippen LogP contribution in [0.15, 0.2) is 41.0 Å². The van der Waals surface area contributed by atoms with Crippen molar-refractivity contribution in [2.45, 2.75) is 25.8 Å². The molecule has 2 heterocycles. The van der Waals surface area contributed by atoms with Gasteiger partial charge in [-0.05, 0) is 59.5 Å². The summed E-state index contributed by atoms with van der Waals surface area (Å²) in [5.74, 6) is 1.97. The number of benzene rings is 1. The normalized spacial score (nSPS) is 15.5. The molecule has 1 aliphatic rings. The number of piperidine rings is 1. The third kappa shape index (κ3) is 3.78. The summed E-state index contributed by atoms with van der Waals surface area (Å²) in [5, 5.41) is 3.61. The van der Waals surface area contributed by atoms with Crippen molar-refractivity contribution >= 4 is 27.4 Å². The molecule has 0 amide bonds. The summed E-state index contributed by atoms with van der Waals surface area (Å²) in [4.78, 5) is 6.90. The van der Waals surface area contributed by atoms with Gasteiger partial charge < -0.3 is 15.0 Å². The van der Waals surface area contributed by atoms with E-state index < -0.39 is 0 Å². The molecule has 122 valence electrons. The molecule has 1 N–H and O–H groups in total. The molecular weight excluding hydrogens is 354 g/mol. The molecule has 23 heavy (non-hydrogen) atoms. The lowest BCUT2D eigenvalue weighted by Gasteiger charge is -2.34. The summed E-state index contributed by atoms with van der Waals surface area (Å²) in [6.45, 7) is 4.13. The topological polar surface area (TPSA) is 37.4 Å². The van der Waals surface area contributed by atoms with E-state index in [1.807, 2.05) is 24.4 Å². The van der Waals surface area contributed by atoms with Gasteiger partial charge in [0.25, 0.3) is 0 Å². The summed E-state index contributed by atoms with van der Waals surface area (Å²) in [6, 6.07) is 10.7. The Hall–Kier alpha value is -1.75. The molecule has 1 aromatic carbocycles. The van der Waals surface area contributed by atoms with Crippen LogP contribution >= 0.6 is 15.9 Å². The summed E-state index contributed by atoms with van der Waals surface area (Å²) in [6.07, 6.45) is 4.08. The first-order chi connectivity index (χ1) is 11.2. The van der Waals surface area contributed by atoms with Crippen molar-refractivity contribution in [3.8, 4) is 5.75 Å². The molecule has 1 saturated heterocycles. The zero-order valence-electron chi connectivity index (χ0n) is 13.6. The molecule has 3 rings (SSSR count). The highest BCUT2D eigenvalue weighted by atomic mass is 79.9. The zero-order valence-corrected chi connectivity index (χ0v) is 15.1. The van der Waals surface area contributed by atoms with Gasteiger partial charge in [0.2, 0.25) is 0 Å². The van der Waals surface area contributed by atoms with Crippen LogP contribution in [0.4, 0.5) is 11.5 Å². The van der Waals surface area contributed by atoms with Gasteiger partial charge in [-0.2, -0.15) is 0 Å². The van der Waals surface area contributed by atoms with Gasteiger partial charge in [-0.1, -0.05) is 12.1 Å². The largest absolute Gasteiger partial charge is 0.495 e. The van der Waals surface area contributed by atoms with Crippen molar-refractivity contribution in [2.24, 2.45) is 0 Å². The Bertz CT molecular complexity index is 669. The molecule has 0 spiro atoms. The molecule has 1 fully saturated rings. The molecule has 0 saturated carbocycles. The van der Waals surface area contributed by atoms with E-state index in [0.717, 1.165) is 47.7 Å². The number of ether oxygens (including phenoxy) is 1. The van der Waals surface area contributed by atoms with Crippen molar-refractivity contribution in [2.75, 3.05) is 30.4 Å². The third-order valence-corrected chi connectivity index (χ3v) is 5.15. The lowest BCUT2D eigenvalue weighted by Crippen LogP contribution is -2.39. The molecule has 0 unspecified atom stereocenters. The number of anilines is 2. The Morgan fingerprint density at radius 1 is 1.26 bits per heavy atom. The highest BCUT2D eigenvalue weighted by molar-refractivity contribution is 9.10. The van der Waals surface area contributed by atoms with E-state index in [2.05, 4.69) is 50.2 Å². The van der Waals surface area contributed by atoms with Crippen LogP contribution in [0.3, 0.4) is 0 Å². The second kappa shape index (κ2) is 7.21. The fourth-order valence-electron chi connectivity index (χ4n) is 2.93. The fraction of sp³-hybridized carbons (Fsp3) is 0.389. The van der Waals surface area contributed by atoms with Crippen LogP contribution in [-0.4, -0.2) is 31.2 Å². The predicted octanol–water partition coefficient (Wildman–Crippen LogP) is 4.24. The van der Waals surface area contributed by atoms with Crippen LogP contribution in [0.2, 0.25) is 0 Å². The summed E-state index contributed by atoms with van der Waals surface area (Å²) in [7, 11) is 1.71. The maximum Gasteiger partial charge on any atom is 0.141 e. The number of nitrogens with one attached hydrogen (secondary N) is 1. The van der Waals surface area contributed by atoms with Gasteiger partial charge in [0.05, 0.1) is 12.8 Å². The SMILES string of the molecule is COc1ccccc1NC1CCN(c2cc(C)c(Br)cn2)CC1. The zero-order chi connectivity index (χ0) is 16.2. The molecule has 4 nitrogen and oxygen atoms in total. The number of hydrogen-bond acceptors (Lipinski definition) is 4. The van der Waals surface area contributed by atoms with Gasteiger partial charge in [0.15, 0.2) is 0 Å². The van der Waals surface area contributed by atoms with Crippen molar-refractivity contribution in [1.29, 1.82) is 0 Å². The number of rotatable bonds is 4. The lowest BCUT2D eigenvalue weighted by molar-refractivity contribution is 0.415. The average Bonchev–Trinajstić information content (AvgIpc) is 2.58. The first-order valence-electron chi connectivity index (χ1n) is 7.94. The number of nitrogens with zero attached hydrogens (tertiary/aromatic N) is 2. The van der Waals surface area contributed by atoms with E-state index in [4.69, 9.17) is 4.74 Å². The van der Waals surface area contributed by atoms with Crippen molar-refractivity contribution in [3.63, 3.8) is 0 Å². The van der Waals surface area contributed by atoms with E-state index in [0.29, 0.717) is 6.04 Å². The van der Waals surface area contributed by atoms with Crippen molar-refractivity contribution in [3.05, 3.63) is 46.6 Å².